The standard InChI is InChI=1S/C17H11F3N2O/c18-17(19,20)12-7-4-10(5-8-12)14-9-6-11-2-1-3-13(16(21)23)15(11)22-14/h1-9H,(H2,21,23). The van der Waals surface area contributed by atoms with Crippen LogP contribution in [0.4, 0.5) is 13.2 Å². The normalized spacial score (nSPS) is 11.6. The Morgan fingerprint density at radius 2 is 1.65 bits per heavy atom. The number of fused-ring (bicyclic) bond motifs is 1. The molecule has 6 heteroatoms. The Morgan fingerprint density at radius 3 is 2.26 bits per heavy atom. The van der Waals surface area contributed by atoms with Gasteiger partial charge in [0.05, 0.1) is 22.3 Å². The van der Waals surface area contributed by atoms with E-state index in [9.17, 15) is 18.0 Å². The van der Waals surface area contributed by atoms with Crippen LogP contribution in [0, 0.1) is 0 Å². The van der Waals surface area contributed by atoms with E-state index in [4.69, 9.17) is 5.73 Å². The molecular formula is C17H11F3N2O. The van der Waals surface area contributed by atoms with Gasteiger partial charge in [0.1, 0.15) is 0 Å². The number of amides is 1. The summed E-state index contributed by atoms with van der Waals surface area (Å²) in [6, 6.07) is 13.2. The van der Waals surface area contributed by atoms with Gasteiger partial charge in [-0.05, 0) is 24.3 Å². The molecule has 1 amide bonds. The zero-order valence-electron chi connectivity index (χ0n) is 11.8. The number of carbonyl (C=O) groups excluding carboxylic acids is 1. The van der Waals surface area contributed by atoms with Crippen LogP contribution in [-0.4, -0.2) is 10.9 Å². The molecule has 0 fully saturated rings. The number of nitrogens with zero attached hydrogens (tertiary/aromatic N) is 1. The average molecular weight is 316 g/mol. The second-order valence-corrected chi connectivity index (χ2v) is 5.01. The zero-order chi connectivity index (χ0) is 16.6. The van der Waals surface area contributed by atoms with E-state index in [0.29, 0.717) is 16.8 Å². The van der Waals surface area contributed by atoms with Crippen molar-refractivity contribution in [3.05, 3.63) is 65.7 Å². The molecule has 0 aliphatic rings. The van der Waals surface area contributed by atoms with E-state index >= 15 is 0 Å². The highest BCUT2D eigenvalue weighted by molar-refractivity contribution is 6.05. The van der Waals surface area contributed by atoms with Crippen molar-refractivity contribution in [2.75, 3.05) is 0 Å². The summed E-state index contributed by atoms with van der Waals surface area (Å²) >= 11 is 0. The number of primary amides is 1. The first-order valence-electron chi connectivity index (χ1n) is 6.73. The van der Waals surface area contributed by atoms with Crippen molar-refractivity contribution < 1.29 is 18.0 Å². The van der Waals surface area contributed by atoms with Crippen LogP contribution in [-0.2, 0) is 6.18 Å². The molecule has 23 heavy (non-hydrogen) atoms. The van der Waals surface area contributed by atoms with E-state index in [1.807, 2.05) is 0 Å². The number of alkyl halides is 3. The molecule has 3 aromatic rings. The number of pyridine rings is 1. The van der Waals surface area contributed by atoms with Crippen LogP contribution in [0.2, 0.25) is 0 Å². The first kappa shape index (κ1) is 15.0. The fourth-order valence-corrected chi connectivity index (χ4v) is 2.34. The summed E-state index contributed by atoms with van der Waals surface area (Å²) < 4.78 is 37.8. The quantitative estimate of drug-likeness (QED) is 0.776. The van der Waals surface area contributed by atoms with Crippen LogP contribution in [0.3, 0.4) is 0 Å². The van der Waals surface area contributed by atoms with Crippen molar-refractivity contribution in [2.24, 2.45) is 5.73 Å². The lowest BCUT2D eigenvalue weighted by Gasteiger charge is -2.09. The highest BCUT2D eigenvalue weighted by Crippen LogP contribution is 2.31. The molecule has 0 bridgehead atoms. The molecule has 0 saturated carbocycles. The fraction of sp³-hybridized carbons (Fsp3) is 0.0588. The van der Waals surface area contributed by atoms with Gasteiger partial charge in [0.25, 0.3) is 5.91 Å². The molecule has 3 rings (SSSR count). The van der Waals surface area contributed by atoms with Crippen LogP contribution in [0.15, 0.2) is 54.6 Å². The molecule has 1 aromatic heterocycles. The highest BCUT2D eigenvalue weighted by Gasteiger charge is 2.30. The molecule has 0 atom stereocenters. The third-order valence-electron chi connectivity index (χ3n) is 3.49. The molecule has 0 radical (unpaired) electrons. The Kier molecular flexibility index (Phi) is 3.52. The molecule has 3 nitrogen and oxygen atoms in total. The first-order chi connectivity index (χ1) is 10.9. The number of rotatable bonds is 2. The van der Waals surface area contributed by atoms with Gasteiger partial charge in [-0.2, -0.15) is 13.2 Å². The monoisotopic (exact) mass is 316 g/mol. The maximum atomic E-state index is 12.6. The van der Waals surface area contributed by atoms with E-state index in [1.54, 1.807) is 30.3 Å². The summed E-state index contributed by atoms with van der Waals surface area (Å²) in [6.07, 6.45) is -4.38. The van der Waals surface area contributed by atoms with Gasteiger partial charge in [0, 0.05) is 10.9 Å². The Labute approximate surface area is 129 Å². The molecule has 1 heterocycles. The lowest BCUT2D eigenvalue weighted by Crippen LogP contribution is -2.11. The van der Waals surface area contributed by atoms with Crippen molar-refractivity contribution in [3.63, 3.8) is 0 Å². The lowest BCUT2D eigenvalue weighted by molar-refractivity contribution is -0.137. The smallest absolute Gasteiger partial charge is 0.366 e. The molecule has 2 N–H and O–H groups in total. The summed E-state index contributed by atoms with van der Waals surface area (Å²) in [4.78, 5) is 15.9. The average Bonchev–Trinajstić information content (AvgIpc) is 2.53. The number of aromatic nitrogens is 1. The Bertz CT molecular complexity index is 886. The Morgan fingerprint density at radius 1 is 0.957 bits per heavy atom. The molecular weight excluding hydrogens is 305 g/mol. The lowest BCUT2D eigenvalue weighted by atomic mass is 10.0. The van der Waals surface area contributed by atoms with Crippen molar-refractivity contribution in [1.82, 2.24) is 4.98 Å². The summed E-state index contributed by atoms with van der Waals surface area (Å²) in [7, 11) is 0. The molecule has 116 valence electrons. The fourth-order valence-electron chi connectivity index (χ4n) is 2.34. The predicted octanol–water partition coefficient (Wildman–Crippen LogP) is 4.02. The number of carbonyl (C=O) groups is 1. The van der Waals surface area contributed by atoms with Crippen LogP contribution in [0.5, 0.6) is 0 Å². The van der Waals surface area contributed by atoms with Crippen molar-refractivity contribution in [2.45, 2.75) is 6.18 Å². The number of hydrogen-bond donors (Lipinski definition) is 1. The van der Waals surface area contributed by atoms with Crippen LogP contribution < -0.4 is 5.73 Å². The summed E-state index contributed by atoms with van der Waals surface area (Å²) in [5, 5.41) is 0.733. The van der Waals surface area contributed by atoms with Crippen molar-refractivity contribution in [1.29, 1.82) is 0 Å². The topological polar surface area (TPSA) is 56.0 Å². The predicted molar refractivity (Wildman–Crippen MR) is 80.7 cm³/mol. The van der Waals surface area contributed by atoms with Gasteiger partial charge in [-0.1, -0.05) is 30.3 Å². The van der Waals surface area contributed by atoms with E-state index in [2.05, 4.69) is 4.98 Å². The van der Waals surface area contributed by atoms with Gasteiger partial charge in [0.15, 0.2) is 0 Å². The van der Waals surface area contributed by atoms with E-state index in [-0.39, 0.29) is 5.56 Å². The maximum absolute atomic E-state index is 12.6. The molecule has 0 aliphatic heterocycles. The Hall–Kier alpha value is -2.89. The number of hydrogen-bond acceptors (Lipinski definition) is 2. The van der Waals surface area contributed by atoms with E-state index in [0.717, 1.165) is 17.5 Å². The molecule has 0 saturated heterocycles. The van der Waals surface area contributed by atoms with Crippen molar-refractivity contribution >= 4 is 16.8 Å². The summed E-state index contributed by atoms with van der Waals surface area (Å²) in [6.45, 7) is 0. The molecule has 0 spiro atoms. The number of para-hydroxylation sites is 1. The number of benzene rings is 2. The minimum Gasteiger partial charge on any atom is -0.366 e. The van der Waals surface area contributed by atoms with Crippen LogP contribution in [0.25, 0.3) is 22.2 Å². The molecule has 2 aromatic carbocycles. The van der Waals surface area contributed by atoms with Gasteiger partial charge >= 0.3 is 6.18 Å². The van der Waals surface area contributed by atoms with Gasteiger partial charge in [-0.15, -0.1) is 0 Å². The number of nitrogens with two attached hydrogens (primary N) is 1. The van der Waals surface area contributed by atoms with Gasteiger partial charge in [-0.3, -0.25) is 4.79 Å². The zero-order valence-corrected chi connectivity index (χ0v) is 11.8. The van der Waals surface area contributed by atoms with E-state index in [1.165, 1.54) is 12.1 Å². The second-order valence-electron chi connectivity index (χ2n) is 5.01. The maximum Gasteiger partial charge on any atom is 0.416 e. The molecule has 0 aliphatic carbocycles. The largest absolute Gasteiger partial charge is 0.416 e. The first-order valence-corrected chi connectivity index (χ1v) is 6.73. The summed E-state index contributed by atoms with van der Waals surface area (Å²) in [5.41, 5.74) is 6.31. The highest BCUT2D eigenvalue weighted by atomic mass is 19.4. The Balaban J connectivity index is 2.10. The third-order valence-corrected chi connectivity index (χ3v) is 3.49. The minimum atomic E-state index is -4.38. The summed E-state index contributed by atoms with van der Waals surface area (Å²) in [5.74, 6) is -0.604. The molecule has 0 unspecified atom stereocenters. The minimum absolute atomic E-state index is 0.274. The second kappa shape index (κ2) is 5.39. The van der Waals surface area contributed by atoms with E-state index < -0.39 is 17.6 Å². The van der Waals surface area contributed by atoms with Crippen LogP contribution in [0.1, 0.15) is 15.9 Å². The van der Waals surface area contributed by atoms with Gasteiger partial charge in [-0.25, -0.2) is 4.98 Å². The van der Waals surface area contributed by atoms with Gasteiger partial charge < -0.3 is 5.73 Å². The van der Waals surface area contributed by atoms with Crippen LogP contribution >= 0.6 is 0 Å². The SMILES string of the molecule is NC(=O)c1cccc2ccc(-c3ccc(C(F)(F)F)cc3)nc12. The number of halogens is 3. The van der Waals surface area contributed by atoms with Gasteiger partial charge in [0.2, 0.25) is 0 Å². The third kappa shape index (κ3) is 2.88. The van der Waals surface area contributed by atoms with Crippen molar-refractivity contribution in [3.8, 4) is 11.3 Å².